The highest BCUT2D eigenvalue weighted by atomic mass is 127. The molecule has 3 rings (SSSR count). The standard InChI is InChI=1S/C15H11F3INO3S/c16-10-4-5-12(20-24(21,22)9-2-3-9)15(14(10)18)23-13-6-1-8(19)7-11(13)17/h1,4-7,9,20H,2-3H2. The molecule has 0 aromatic heterocycles. The van der Waals surface area contributed by atoms with Gasteiger partial charge in [-0.25, -0.2) is 17.2 Å². The van der Waals surface area contributed by atoms with Gasteiger partial charge in [0, 0.05) is 3.57 Å². The van der Waals surface area contributed by atoms with Crippen LogP contribution in [0.3, 0.4) is 0 Å². The summed E-state index contributed by atoms with van der Waals surface area (Å²) in [5.41, 5.74) is -0.279. The molecule has 1 saturated carbocycles. The number of nitrogens with one attached hydrogen (secondary N) is 1. The zero-order valence-electron chi connectivity index (χ0n) is 12.0. The predicted molar refractivity (Wildman–Crippen MR) is 91.1 cm³/mol. The van der Waals surface area contributed by atoms with Crippen LogP contribution in [0, 0.1) is 21.0 Å². The Hall–Kier alpha value is -1.49. The van der Waals surface area contributed by atoms with Gasteiger partial charge in [-0.1, -0.05) is 0 Å². The number of anilines is 1. The fourth-order valence-electron chi connectivity index (χ4n) is 2.00. The van der Waals surface area contributed by atoms with Crippen molar-refractivity contribution >= 4 is 38.3 Å². The summed E-state index contributed by atoms with van der Waals surface area (Å²) < 4.78 is 73.4. The van der Waals surface area contributed by atoms with Gasteiger partial charge >= 0.3 is 0 Å². The van der Waals surface area contributed by atoms with Crippen LogP contribution in [0.2, 0.25) is 0 Å². The van der Waals surface area contributed by atoms with Crippen molar-refractivity contribution in [2.24, 2.45) is 0 Å². The van der Waals surface area contributed by atoms with Gasteiger partial charge in [-0.05, 0) is 65.8 Å². The van der Waals surface area contributed by atoms with Crippen molar-refractivity contribution in [3.63, 3.8) is 0 Å². The fraction of sp³-hybridized carbons (Fsp3) is 0.200. The van der Waals surface area contributed by atoms with Gasteiger partial charge in [0.25, 0.3) is 0 Å². The van der Waals surface area contributed by atoms with Crippen molar-refractivity contribution in [1.29, 1.82) is 0 Å². The molecule has 9 heteroatoms. The van der Waals surface area contributed by atoms with Crippen LogP contribution in [-0.2, 0) is 10.0 Å². The number of hydrogen-bond acceptors (Lipinski definition) is 3. The lowest BCUT2D eigenvalue weighted by Crippen LogP contribution is -2.18. The first kappa shape index (κ1) is 17.3. The molecule has 4 nitrogen and oxygen atoms in total. The average Bonchev–Trinajstić information content (AvgIpc) is 3.34. The molecule has 128 valence electrons. The summed E-state index contributed by atoms with van der Waals surface area (Å²) in [7, 11) is -3.72. The third kappa shape index (κ3) is 3.61. The zero-order valence-corrected chi connectivity index (χ0v) is 15.0. The molecule has 0 amide bonds. The van der Waals surface area contributed by atoms with E-state index in [1.807, 2.05) is 22.6 Å². The van der Waals surface area contributed by atoms with E-state index in [9.17, 15) is 21.6 Å². The summed E-state index contributed by atoms with van der Waals surface area (Å²) in [6.07, 6.45) is 1.00. The van der Waals surface area contributed by atoms with Crippen molar-refractivity contribution < 1.29 is 26.3 Å². The second-order valence-electron chi connectivity index (χ2n) is 5.26. The Morgan fingerprint density at radius 2 is 1.79 bits per heavy atom. The van der Waals surface area contributed by atoms with E-state index in [4.69, 9.17) is 4.74 Å². The molecular weight excluding hydrogens is 458 g/mol. The first-order valence-corrected chi connectivity index (χ1v) is 9.53. The molecule has 2 aromatic carbocycles. The van der Waals surface area contributed by atoms with E-state index in [0.717, 1.165) is 18.2 Å². The molecule has 1 aliphatic rings. The molecule has 0 atom stereocenters. The Morgan fingerprint density at radius 3 is 2.42 bits per heavy atom. The molecule has 0 bridgehead atoms. The number of benzene rings is 2. The molecule has 0 unspecified atom stereocenters. The Morgan fingerprint density at radius 1 is 1.08 bits per heavy atom. The first-order valence-electron chi connectivity index (χ1n) is 6.90. The van der Waals surface area contributed by atoms with E-state index >= 15 is 0 Å². The number of rotatable bonds is 5. The fourth-order valence-corrected chi connectivity index (χ4v) is 3.84. The Labute approximate surface area is 150 Å². The van der Waals surface area contributed by atoms with Crippen molar-refractivity contribution in [1.82, 2.24) is 0 Å². The maximum atomic E-state index is 14.1. The molecular formula is C15H11F3INO3S. The van der Waals surface area contributed by atoms with Crippen LogP contribution in [0.15, 0.2) is 30.3 Å². The monoisotopic (exact) mass is 469 g/mol. The van der Waals surface area contributed by atoms with Crippen LogP contribution in [-0.4, -0.2) is 13.7 Å². The highest BCUT2D eigenvalue weighted by molar-refractivity contribution is 14.1. The van der Waals surface area contributed by atoms with Crippen LogP contribution in [0.1, 0.15) is 12.8 Å². The summed E-state index contributed by atoms with van der Waals surface area (Å²) in [5.74, 6) is -4.46. The highest BCUT2D eigenvalue weighted by Crippen LogP contribution is 2.38. The molecule has 0 radical (unpaired) electrons. The Bertz CT molecular complexity index is 901. The van der Waals surface area contributed by atoms with Crippen molar-refractivity contribution in [2.45, 2.75) is 18.1 Å². The van der Waals surface area contributed by atoms with Crippen LogP contribution in [0.25, 0.3) is 0 Å². The second kappa shape index (κ2) is 6.43. The molecule has 0 aliphatic heterocycles. The third-order valence-corrected chi connectivity index (χ3v) is 5.90. The summed E-state index contributed by atoms with van der Waals surface area (Å²) in [4.78, 5) is 0. The van der Waals surface area contributed by atoms with E-state index in [2.05, 4.69) is 4.72 Å². The average molecular weight is 469 g/mol. The molecule has 1 fully saturated rings. The Balaban J connectivity index is 2.00. The van der Waals surface area contributed by atoms with Crippen molar-refractivity contribution in [3.05, 3.63) is 51.4 Å². The summed E-state index contributed by atoms with van der Waals surface area (Å²) in [6, 6.07) is 5.74. The van der Waals surface area contributed by atoms with E-state index in [1.165, 1.54) is 12.1 Å². The van der Waals surface area contributed by atoms with Gasteiger partial charge in [0.15, 0.2) is 23.1 Å². The first-order chi connectivity index (χ1) is 11.3. The maximum absolute atomic E-state index is 14.1. The van der Waals surface area contributed by atoms with E-state index < -0.39 is 38.5 Å². The summed E-state index contributed by atoms with van der Waals surface area (Å²) in [5, 5.41) is -0.562. The van der Waals surface area contributed by atoms with Crippen LogP contribution in [0.5, 0.6) is 11.5 Å². The number of hydrogen-bond donors (Lipinski definition) is 1. The van der Waals surface area contributed by atoms with Crippen LogP contribution >= 0.6 is 22.6 Å². The zero-order chi connectivity index (χ0) is 17.5. The minimum Gasteiger partial charge on any atom is -0.449 e. The van der Waals surface area contributed by atoms with Gasteiger partial charge in [-0.2, -0.15) is 4.39 Å². The van der Waals surface area contributed by atoms with Gasteiger partial charge in [-0.15, -0.1) is 0 Å². The lowest BCUT2D eigenvalue weighted by Gasteiger charge is -2.15. The van der Waals surface area contributed by atoms with E-state index in [-0.39, 0.29) is 11.4 Å². The summed E-state index contributed by atoms with van der Waals surface area (Å²) in [6.45, 7) is 0. The van der Waals surface area contributed by atoms with E-state index in [0.29, 0.717) is 16.4 Å². The number of halogens is 4. The third-order valence-electron chi connectivity index (χ3n) is 3.37. The van der Waals surface area contributed by atoms with Gasteiger partial charge in [0.2, 0.25) is 15.8 Å². The predicted octanol–water partition coefficient (Wildman–Crippen LogP) is 4.40. The van der Waals surface area contributed by atoms with Crippen molar-refractivity contribution in [2.75, 3.05) is 4.72 Å². The minimum atomic E-state index is -3.72. The van der Waals surface area contributed by atoms with Gasteiger partial charge in [0.1, 0.15) is 0 Å². The smallest absolute Gasteiger partial charge is 0.235 e. The minimum absolute atomic E-state index is 0.279. The topological polar surface area (TPSA) is 55.4 Å². The maximum Gasteiger partial charge on any atom is 0.235 e. The molecule has 1 aliphatic carbocycles. The van der Waals surface area contributed by atoms with E-state index in [1.54, 1.807) is 0 Å². The van der Waals surface area contributed by atoms with Crippen LogP contribution in [0.4, 0.5) is 18.9 Å². The molecule has 0 spiro atoms. The molecule has 2 aromatic rings. The normalized spacial score (nSPS) is 14.5. The second-order valence-corrected chi connectivity index (χ2v) is 8.47. The van der Waals surface area contributed by atoms with Gasteiger partial charge < -0.3 is 4.74 Å². The summed E-state index contributed by atoms with van der Waals surface area (Å²) >= 11 is 1.88. The Kier molecular flexibility index (Phi) is 4.65. The quantitative estimate of drug-likeness (QED) is 0.661. The lowest BCUT2D eigenvalue weighted by atomic mass is 10.2. The SMILES string of the molecule is O=S(=O)(Nc1ccc(F)c(F)c1Oc1ccc(I)cc1F)C1CC1. The molecule has 0 saturated heterocycles. The number of sulfonamides is 1. The highest BCUT2D eigenvalue weighted by Gasteiger charge is 2.36. The van der Waals surface area contributed by atoms with Gasteiger partial charge in [-0.3, -0.25) is 4.72 Å². The molecule has 0 heterocycles. The van der Waals surface area contributed by atoms with Gasteiger partial charge in [0.05, 0.1) is 10.9 Å². The largest absolute Gasteiger partial charge is 0.449 e. The van der Waals surface area contributed by atoms with Crippen molar-refractivity contribution in [3.8, 4) is 11.5 Å². The molecule has 24 heavy (non-hydrogen) atoms. The lowest BCUT2D eigenvalue weighted by molar-refractivity contribution is 0.399. The van der Waals surface area contributed by atoms with Crippen LogP contribution < -0.4 is 9.46 Å². The number of ether oxygens (including phenoxy) is 1. The molecule has 1 N–H and O–H groups in total.